The number of primary amides is 1. The molecule has 120 valence electrons. The lowest BCUT2D eigenvalue weighted by molar-refractivity contribution is -0.120. The van der Waals surface area contributed by atoms with Crippen LogP contribution in [0.1, 0.15) is 16.7 Å². The maximum Gasteiger partial charge on any atom is 0.237 e. The summed E-state index contributed by atoms with van der Waals surface area (Å²) in [6, 6.07) is 20.1. The molecule has 0 aromatic heterocycles. The second-order valence-corrected chi connectivity index (χ2v) is 5.50. The van der Waals surface area contributed by atoms with Crippen molar-refractivity contribution in [2.24, 2.45) is 5.73 Å². The molecule has 0 unspecified atom stereocenters. The lowest BCUT2D eigenvalue weighted by atomic mass is 9.69. The minimum atomic E-state index is -1.48. The Bertz CT molecular complexity index is 832. The van der Waals surface area contributed by atoms with Gasteiger partial charge in [-0.1, -0.05) is 54.6 Å². The highest BCUT2D eigenvalue weighted by Crippen LogP contribution is 2.39. The fourth-order valence-electron chi connectivity index (χ4n) is 3.06. The second-order valence-electron chi connectivity index (χ2n) is 5.50. The van der Waals surface area contributed by atoms with Gasteiger partial charge in [-0.05, 0) is 41.0 Å². The zero-order valence-electron chi connectivity index (χ0n) is 12.7. The molecule has 0 saturated carbocycles. The molecule has 0 aliphatic rings. The molecule has 0 heterocycles. The van der Waals surface area contributed by atoms with Crippen LogP contribution in [-0.4, -0.2) is 5.91 Å². The third-order valence-electron chi connectivity index (χ3n) is 4.09. The van der Waals surface area contributed by atoms with Gasteiger partial charge in [-0.3, -0.25) is 4.79 Å². The number of carbonyl (C=O) groups excluding carboxylic acids is 1. The van der Waals surface area contributed by atoms with Crippen LogP contribution in [0.15, 0.2) is 78.9 Å². The van der Waals surface area contributed by atoms with E-state index in [0.717, 1.165) is 0 Å². The van der Waals surface area contributed by atoms with Gasteiger partial charge in [0.15, 0.2) is 0 Å². The molecule has 0 aliphatic carbocycles. The van der Waals surface area contributed by atoms with Crippen LogP contribution in [0.25, 0.3) is 0 Å². The van der Waals surface area contributed by atoms with Crippen LogP contribution in [0, 0.1) is 11.6 Å². The minimum absolute atomic E-state index is 0.354. The molecule has 0 aliphatic heterocycles. The number of amides is 1. The van der Waals surface area contributed by atoms with E-state index in [1.165, 1.54) is 36.4 Å². The Morgan fingerprint density at radius 3 is 1.58 bits per heavy atom. The summed E-state index contributed by atoms with van der Waals surface area (Å²) in [5.41, 5.74) is 5.56. The topological polar surface area (TPSA) is 43.1 Å². The highest BCUT2D eigenvalue weighted by molar-refractivity contribution is 5.95. The van der Waals surface area contributed by atoms with Gasteiger partial charge in [0, 0.05) is 0 Å². The molecule has 0 fully saturated rings. The van der Waals surface area contributed by atoms with E-state index in [9.17, 15) is 13.6 Å². The van der Waals surface area contributed by atoms with E-state index in [4.69, 9.17) is 5.73 Å². The highest BCUT2D eigenvalue weighted by Gasteiger charge is 2.42. The van der Waals surface area contributed by atoms with Crippen LogP contribution < -0.4 is 5.73 Å². The van der Waals surface area contributed by atoms with Crippen molar-refractivity contribution in [1.29, 1.82) is 0 Å². The first-order valence-corrected chi connectivity index (χ1v) is 7.42. The van der Waals surface area contributed by atoms with Gasteiger partial charge >= 0.3 is 0 Å². The average Bonchev–Trinajstić information content (AvgIpc) is 2.56. The number of hydrogen-bond acceptors (Lipinski definition) is 1. The van der Waals surface area contributed by atoms with Gasteiger partial charge in [0.1, 0.15) is 17.0 Å². The van der Waals surface area contributed by atoms with E-state index in [0.29, 0.717) is 16.7 Å². The van der Waals surface area contributed by atoms with Crippen molar-refractivity contribution in [2.75, 3.05) is 0 Å². The number of hydrogen-bond donors (Lipinski definition) is 1. The average molecular weight is 323 g/mol. The van der Waals surface area contributed by atoms with Gasteiger partial charge in [-0.2, -0.15) is 0 Å². The largest absolute Gasteiger partial charge is 0.368 e. The molecule has 2 nitrogen and oxygen atoms in total. The van der Waals surface area contributed by atoms with E-state index >= 15 is 0 Å². The van der Waals surface area contributed by atoms with Crippen LogP contribution in [0.4, 0.5) is 8.78 Å². The first-order chi connectivity index (χ1) is 11.5. The maximum atomic E-state index is 13.8. The Morgan fingerprint density at radius 1 is 0.708 bits per heavy atom. The van der Waals surface area contributed by atoms with Crippen molar-refractivity contribution >= 4 is 5.91 Å². The quantitative estimate of drug-likeness (QED) is 0.730. The zero-order chi connectivity index (χ0) is 17.2. The maximum absolute atomic E-state index is 13.8. The van der Waals surface area contributed by atoms with E-state index in [2.05, 4.69) is 0 Å². The SMILES string of the molecule is NC(=O)C(c1ccccc1)(c1cccc(F)c1)c1cccc(F)c1. The predicted octanol–water partition coefficient (Wildman–Crippen LogP) is 3.78. The van der Waals surface area contributed by atoms with Crippen molar-refractivity contribution < 1.29 is 13.6 Å². The normalized spacial score (nSPS) is 11.2. The Morgan fingerprint density at radius 2 is 1.17 bits per heavy atom. The third kappa shape index (κ3) is 2.56. The summed E-state index contributed by atoms with van der Waals surface area (Å²) in [5.74, 6) is -1.69. The van der Waals surface area contributed by atoms with Crippen LogP contribution in [0.5, 0.6) is 0 Å². The summed E-state index contributed by atoms with van der Waals surface area (Å²) in [7, 11) is 0. The van der Waals surface area contributed by atoms with Crippen LogP contribution in [0.3, 0.4) is 0 Å². The molecule has 0 spiro atoms. The number of benzene rings is 3. The van der Waals surface area contributed by atoms with E-state index < -0.39 is 23.0 Å². The molecule has 0 atom stereocenters. The molecule has 1 amide bonds. The summed E-state index contributed by atoms with van der Waals surface area (Å²) in [4.78, 5) is 12.6. The molecular formula is C20H15F2NO. The zero-order valence-corrected chi connectivity index (χ0v) is 12.7. The molecule has 3 aromatic carbocycles. The first-order valence-electron chi connectivity index (χ1n) is 7.42. The summed E-state index contributed by atoms with van der Waals surface area (Å²) >= 11 is 0. The highest BCUT2D eigenvalue weighted by atomic mass is 19.1. The molecule has 3 aromatic rings. The fourth-order valence-corrected chi connectivity index (χ4v) is 3.06. The van der Waals surface area contributed by atoms with Gasteiger partial charge in [0.05, 0.1) is 0 Å². The van der Waals surface area contributed by atoms with Gasteiger partial charge in [-0.15, -0.1) is 0 Å². The summed E-state index contributed by atoms with van der Waals surface area (Å²) in [6.07, 6.45) is 0. The first kappa shape index (κ1) is 15.9. The Balaban J connectivity index is 2.41. The number of carbonyl (C=O) groups is 1. The molecule has 0 radical (unpaired) electrons. The van der Waals surface area contributed by atoms with Crippen LogP contribution in [0.2, 0.25) is 0 Å². The number of halogens is 2. The monoisotopic (exact) mass is 323 g/mol. The molecule has 4 heteroatoms. The van der Waals surface area contributed by atoms with Gasteiger partial charge in [0.25, 0.3) is 0 Å². The molecule has 3 rings (SSSR count). The number of rotatable bonds is 4. The summed E-state index contributed by atoms with van der Waals surface area (Å²) in [5, 5.41) is 0. The van der Waals surface area contributed by atoms with Crippen molar-refractivity contribution in [3.05, 3.63) is 107 Å². The Kier molecular flexibility index (Phi) is 4.13. The molecule has 2 N–H and O–H groups in total. The molecule has 0 saturated heterocycles. The van der Waals surface area contributed by atoms with E-state index in [1.807, 2.05) is 0 Å². The van der Waals surface area contributed by atoms with Crippen LogP contribution in [-0.2, 0) is 10.2 Å². The van der Waals surface area contributed by atoms with E-state index in [1.54, 1.807) is 42.5 Å². The Labute approximate surface area is 138 Å². The molecule has 24 heavy (non-hydrogen) atoms. The van der Waals surface area contributed by atoms with Crippen molar-refractivity contribution in [2.45, 2.75) is 5.41 Å². The molecule has 0 bridgehead atoms. The van der Waals surface area contributed by atoms with E-state index in [-0.39, 0.29) is 0 Å². The third-order valence-corrected chi connectivity index (χ3v) is 4.09. The smallest absolute Gasteiger partial charge is 0.237 e. The lowest BCUT2D eigenvalue weighted by Gasteiger charge is -2.32. The number of nitrogens with two attached hydrogens (primary N) is 1. The predicted molar refractivity (Wildman–Crippen MR) is 88.3 cm³/mol. The van der Waals surface area contributed by atoms with Gasteiger partial charge in [-0.25, -0.2) is 8.78 Å². The summed E-state index contributed by atoms with van der Waals surface area (Å²) in [6.45, 7) is 0. The Hall–Kier alpha value is -3.01. The van der Waals surface area contributed by atoms with Crippen molar-refractivity contribution in [3.8, 4) is 0 Å². The lowest BCUT2D eigenvalue weighted by Crippen LogP contribution is -2.43. The molecular weight excluding hydrogens is 308 g/mol. The standard InChI is InChI=1S/C20H15F2NO/c21-17-10-4-8-15(12-17)20(19(23)24,14-6-2-1-3-7-14)16-9-5-11-18(22)13-16/h1-13H,(H2,23,24). The minimum Gasteiger partial charge on any atom is -0.368 e. The van der Waals surface area contributed by atoms with Gasteiger partial charge < -0.3 is 5.73 Å². The summed E-state index contributed by atoms with van der Waals surface area (Å²) < 4.78 is 27.7. The van der Waals surface area contributed by atoms with Crippen molar-refractivity contribution in [3.63, 3.8) is 0 Å². The fraction of sp³-hybridized carbons (Fsp3) is 0.0500. The van der Waals surface area contributed by atoms with Gasteiger partial charge in [0.2, 0.25) is 5.91 Å². The van der Waals surface area contributed by atoms with Crippen molar-refractivity contribution in [1.82, 2.24) is 0 Å². The second kappa shape index (κ2) is 6.24. The van der Waals surface area contributed by atoms with Crippen LogP contribution >= 0.6 is 0 Å².